The molecule has 4 rings (SSSR count). The van der Waals surface area contributed by atoms with E-state index < -0.39 is 0 Å². The Morgan fingerprint density at radius 1 is 0.967 bits per heavy atom. The molecule has 2 aliphatic rings. The van der Waals surface area contributed by atoms with Crippen molar-refractivity contribution in [2.45, 2.75) is 45.1 Å². The van der Waals surface area contributed by atoms with Crippen molar-refractivity contribution in [3.05, 3.63) is 47.1 Å². The van der Waals surface area contributed by atoms with Crippen LogP contribution in [-0.4, -0.2) is 37.2 Å². The Labute approximate surface area is 183 Å². The number of carbonyl (C=O) groups is 1. The molecule has 2 fully saturated rings. The van der Waals surface area contributed by atoms with Crippen molar-refractivity contribution in [2.75, 3.05) is 41.3 Å². The quantitative estimate of drug-likeness (QED) is 0.701. The van der Waals surface area contributed by atoms with E-state index in [9.17, 15) is 4.79 Å². The highest BCUT2D eigenvalue weighted by atomic mass is 35.5. The number of amides is 2. The van der Waals surface area contributed by atoms with Crippen LogP contribution in [0.15, 0.2) is 36.5 Å². The van der Waals surface area contributed by atoms with E-state index in [0.29, 0.717) is 17.3 Å². The number of carbonyl (C=O) groups excluding carboxylic acids is 1. The maximum atomic E-state index is 12.5. The third kappa shape index (κ3) is 5.17. The summed E-state index contributed by atoms with van der Waals surface area (Å²) in [6.07, 6.45) is 9.16. The molecule has 2 saturated heterocycles. The summed E-state index contributed by atoms with van der Waals surface area (Å²) in [5, 5.41) is 6.52. The Bertz CT molecular complexity index is 862. The number of hydrogen-bond acceptors (Lipinski definition) is 4. The van der Waals surface area contributed by atoms with E-state index >= 15 is 0 Å². The number of benzene rings is 1. The summed E-state index contributed by atoms with van der Waals surface area (Å²) in [7, 11) is 0. The molecule has 3 heterocycles. The summed E-state index contributed by atoms with van der Waals surface area (Å²) in [6, 6.07) is 9.44. The molecule has 2 aliphatic heterocycles. The highest BCUT2D eigenvalue weighted by Crippen LogP contribution is 2.30. The average Bonchev–Trinajstić information content (AvgIpc) is 2.79. The Balaban J connectivity index is 1.35. The maximum absolute atomic E-state index is 12.5. The minimum atomic E-state index is -0.245. The fourth-order valence-electron chi connectivity index (χ4n) is 4.29. The molecule has 1 aromatic carbocycles. The van der Waals surface area contributed by atoms with Crippen LogP contribution >= 0.6 is 11.6 Å². The van der Waals surface area contributed by atoms with E-state index in [4.69, 9.17) is 11.6 Å². The van der Waals surface area contributed by atoms with Gasteiger partial charge in [0.2, 0.25) is 0 Å². The van der Waals surface area contributed by atoms with Gasteiger partial charge in [-0.2, -0.15) is 0 Å². The molecule has 0 aliphatic carbocycles. The molecule has 1 aromatic heterocycles. The summed E-state index contributed by atoms with van der Waals surface area (Å²) in [5.74, 6) is 0.978. The van der Waals surface area contributed by atoms with Crippen molar-refractivity contribution in [2.24, 2.45) is 0 Å². The number of halogens is 1. The van der Waals surface area contributed by atoms with Gasteiger partial charge in [0.1, 0.15) is 5.82 Å². The van der Waals surface area contributed by atoms with Gasteiger partial charge in [0.05, 0.1) is 10.7 Å². The van der Waals surface area contributed by atoms with Gasteiger partial charge in [-0.25, -0.2) is 9.78 Å². The Hall–Kier alpha value is -2.47. The molecule has 0 atom stereocenters. The first-order chi connectivity index (χ1) is 14.7. The molecule has 160 valence electrons. The second-order valence-electron chi connectivity index (χ2n) is 8.06. The number of nitrogens with zero attached hydrogens (tertiary/aromatic N) is 3. The highest BCUT2D eigenvalue weighted by molar-refractivity contribution is 6.33. The minimum absolute atomic E-state index is 0.245. The van der Waals surface area contributed by atoms with Crippen LogP contribution < -0.4 is 20.4 Å². The molecule has 0 saturated carbocycles. The number of hydrogen-bond donors (Lipinski definition) is 2. The minimum Gasteiger partial charge on any atom is -0.370 e. The SMILES string of the molecule is O=C(NCc1cccnc1N1CCCCC1)Nc1ccc(N2CCCCC2)c(Cl)c1. The second kappa shape index (κ2) is 10.0. The third-order valence-corrected chi connectivity index (χ3v) is 6.17. The topological polar surface area (TPSA) is 60.5 Å². The van der Waals surface area contributed by atoms with E-state index in [2.05, 4.69) is 25.4 Å². The lowest BCUT2D eigenvalue weighted by atomic mass is 10.1. The van der Waals surface area contributed by atoms with Crippen molar-refractivity contribution in [3.8, 4) is 0 Å². The molecule has 2 amide bonds. The van der Waals surface area contributed by atoms with Crippen LogP contribution in [0, 0.1) is 0 Å². The highest BCUT2D eigenvalue weighted by Gasteiger charge is 2.17. The predicted octanol–water partition coefficient (Wildman–Crippen LogP) is 5.04. The molecule has 30 heavy (non-hydrogen) atoms. The van der Waals surface area contributed by atoms with Crippen LogP contribution in [0.3, 0.4) is 0 Å². The number of anilines is 3. The van der Waals surface area contributed by atoms with Crippen molar-refractivity contribution in [1.82, 2.24) is 10.3 Å². The van der Waals surface area contributed by atoms with Gasteiger partial charge in [-0.3, -0.25) is 0 Å². The fourth-order valence-corrected chi connectivity index (χ4v) is 4.59. The number of aromatic nitrogens is 1. The molecular formula is C23H30ClN5O. The van der Waals surface area contributed by atoms with Crippen molar-refractivity contribution in [1.29, 1.82) is 0 Å². The van der Waals surface area contributed by atoms with Gasteiger partial charge in [0.15, 0.2) is 0 Å². The van der Waals surface area contributed by atoms with Gasteiger partial charge in [-0.1, -0.05) is 17.7 Å². The van der Waals surface area contributed by atoms with Gasteiger partial charge < -0.3 is 20.4 Å². The van der Waals surface area contributed by atoms with E-state index in [1.165, 1.54) is 38.5 Å². The molecular weight excluding hydrogens is 398 g/mol. The molecule has 0 unspecified atom stereocenters. The molecule has 2 aromatic rings. The van der Waals surface area contributed by atoms with Crippen molar-refractivity contribution in [3.63, 3.8) is 0 Å². The zero-order valence-corrected chi connectivity index (χ0v) is 18.1. The first kappa shape index (κ1) is 20.8. The summed E-state index contributed by atoms with van der Waals surface area (Å²) in [4.78, 5) is 21.7. The number of rotatable bonds is 5. The van der Waals surface area contributed by atoms with Crippen molar-refractivity contribution >= 4 is 34.8 Å². The number of piperidine rings is 2. The van der Waals surface area contributed by atoms with Gasteiger partial charge >= 0.3 is 6.03 Å². The monoisotopic (exact) mass is 427 g/mol. The first-order valence-corrected chi connectivity index (χ1v) is 11.4. The lowest BCUT2D eigenvalue weighted by Crippen LogP contribution is -2.33. The third-order valence-electron chi connectivity index (χ3n) is 5.86. The number of nitrogens with one attached hydrogen (secondary N) is 2. The fraction of sp³-hybridized carbons (Fsp3) is 0.478. The molecule has 6 nitrogen and oxygen atoms in total. The summed E-state index contributed by atoms with van der Waals surface area (Å²) in [5.41, 5.74) is 2.78. The van der Waals surface area contributed by atoms with Crippen LogP contribution in [0.4, 0.5) is 22.0 Å². The molecule has 7 heteroatoms. The molecule has 2 N–H and O–H groups in total. The Morgan fingerprint density at radius 2 is 1.67 bits per heavy atom. The zero-order valence-electron chi connectivity index (χ0n) is 17.4. The number of pyridine rings is 1. The van der Waals surface area contributed by atoms with E-state index in [1.54, 1.807) is 0 Å². The maximum Gasteiger partial charge on any atom is 0.319 e. The molecule has 0 bridgehead atoms. The van der Waals surface area contributed by atoms with Crippen LogP contribution in [0.5, 0.6) is 0 Å². The van der Waals surface area contributed by atoms with Gasteiger partial charge in [0, 0.05) is 50.2 Å². The summed E-state index contributed by atoms with van der Waals surface area (Å²) >= 11 is 6.50. The van der Waals surface area contributed by atoms with E-state index in [1.807, 2.05) is 36.5 Å². The van der Waals surface area contributed by atoms with Crippen LogP contribution in [0.25, 0.3) is 0 Å². The Kier molecular flexibility index (Phi) is 6.95. The molecule has 0 spiro atoms. The largest absolute Gasteiger partial charge is 0.370 e. The van der Waals surface area contributed by atoms with Crippen LogP contribution in [0.2, 0.25) is 5.02 Å². The molecule has 0 radical (unpaired) electrons. The smallest absolute Gasteiger partial charge is 0.319 e. The van der Waals surface area contributed by atoms with Crippen molar-refractivity contribution < 1.29 is 4.79 Å². The lowest BCUT2D eigenvalue weighted by molar-refractivity contribution is 0.251. The van der Waals surface area contributed by atoms with Crippen LogP contribution in [0.1, 0.15) is 44.1 Å². The van der Waals surface area contributed by atoms with E-state index in [0.717, 1.165) is 43.2 Å². The standard InChI is InChI=1S/C23H30ClN5O/c24-20-16-19(9-10-21(20)28-12-3-1-4-13-28)27-23(30)26-17-18-8-7-11-25-22(18)29-14-5-2-6-15-29/h7-11,16H,1-6,12-15,17H2,(H2,26,27,30). The Morgan fingerprint density at radius 3 is 2.37 bits per heavy atom. The predicted molar refractivity (Wildman–Crippen MR) is 124 cm³/mol. The number of urea groups is 1. The normalized spacial score (nSPS) is 17.0. The summed E-state index contributed by atoms with van der Waals surface area (Å²) < 4.78 is 0. The average molecular weight is 428 g/mol. The van der Waals surface area contributed by atoms with E-state index in [-0.39, 0.29) is 6.03 Å². The lowest BCUT2D eigenvalue weighted by Gasteiger charge is -2.29. The second-order valence-corrected chi connectivity index (χ2v) is 8.46. The van der Waals surface area contributed by atoms with Gasteiger partial charge in [0.25, 0.3) is 0 Å². The van der Waals surface area contributed by atoms with Crippen LogP contribution in [-0.2, 0) is 6.54 Å². The van der Waals surface area contributed by atoms with Gasteiger partial charge in [-0.05, 0) is 62.8 Å². The van der Waals surface area contributed by atoms with Gasteiger partial charge in [-0.15, -0.1) is 0 Å². The summed E-state index contributed by atoms with van der Waals surface area (Å²) in [6.45, 7) is 4.57. The first-order valence-electron chi connectivity index (χ1n) is 11.0. The zero-order chi connectivity index (χ0) is 20.8.